The molecular formula is C12H9N3O2. The van der Waals surface area contributed by atoms with Crippen LogP contribution in [-0.2, 0) is 6.54 Å². The summed E-state index contributed by atoms with van der Waals surface area (Å²) >= 11 is 0. The van der Waals surface area contributed by atoms with Crippen molar-refractivity contribution in [1.29, 1.82) is 5.26 Å². The molecule has 0 spiro atoms. The predicted octanol–water partition coefficient (Wildman–Crippen LogP) is 1.50. The topological polar surface area (TPSA) is 78.9 Å². The first-order valence-electron chi connectivity index (χ1n) is 4.93. The Hall–Kier alpha value is -2.61. The number of pyridine rings is 1. The Bertz CT molecular complexity index is 596. The van der Waals surface area contributed by atoms with Gasteiger partial charge in [0.2, 0.25) is 0 Å². The van der Waals surface area contributed by atoms with Crippen molar-refractivity contribution >= 4 is 5.97 Å². The fourth-order valence-corrected chi connectivity index (χ4v) is 1.51. The van der Waals surface area contributed by atoms with E-state index < -0.39 is 5.97 Å². The lowest BCUT2D eigenvalue weighted by Gasteiger charge is -2.02. The lowest BCUT2D eigenvalue weighted by molar-refractivity contribution is 0.0697. The molecule has 0 amide bonds. The zero-order valence-electron chi connectivity index (χ0n) is 8.87. The number of aromatic carboxylic acids is 1. The maximum Gasteiger partial charge on any atom is 0.337 e. The van der Waals surface area contributed by atoms with Crippen LogP contribution in [0.1, 0.15) is 21.6 Å². The number of carboxylic acid groups (broad SMARTS) is 1. The van der Waals surface area contributed by atoms with Crippen LogP contribution in [0.5, 0.6) is 0 Å². The van der Waals surface area contributed by atoms with Gasteiger partial charge in [0.25, 0.3) is 0 Å². The molecule has 0 bridgehead atoms. The van der Waals surface area contributed by atoms with Crippen LogP contribution in [0.15, 0.2) is 36.8 Å². The number of nitriles is 1. The molecule has 2 rings (SSSR count). The Labute approximate surface area is 97.6 Å². The van der Waals surface area contributed by atoms with Gasteiger partial charge in [0.05, 0.1) is 5.56 Å². The average Bonchev–Trinajstić information content (AvgIpc) is 2.78. The quantitative estimate of drug-likeness (QED) is 0.861. The molecule has 5 nitrogen and oxygen atoms in total. The molecule has 84 valence electrons. The molecule has 0 aliphatic carbocycles. The predicted molar refractivity (Wildman–Crippen MR) is 59.4 cm³/mol. The van der Waals surface area contributed by atoms with Gasteiger partial charge >= 0.3 is 5.97 Å². The summed E-state index contributed by atoms with van der Waals surface area (Å²) in [7, 11) is 0. The average molecular weight is 227 g/mol. The number of rotatable bonds is 3. The van der Waals surface area contributed by atoms with E-state index in [0.29, 0.717) is 12.2 Å². The molecule has 2 heterocycles. The second kappa shape index (κ2) is 4.49. The number of hydrogen-bond acceptors (Lipinski definition) is 3. The maximum atomic E-state index is 10.7. The summed E-state index contributed by atoms with van der Waals surface area (Å²) in [6.45, 7) is 0.518. The summed E-state index contributed by atoms with van der Waals surface area (Å²) in [5.74, 6) is -0.948. The van der Waals surface area contributed by atoms with Crippen LogP contribution in [0.4, 0.5) is 0 Å². The number of carbonyl (C=O) groups is 1. The lowest BCUT2D eigenvalue weighted by Crippen LogP contribution is -1.99. The minimum atomic E-state index is -0.948. The van der Waals surface area contributed by atoms with Gasteiger partial charge in [0, 0.05) is 25.1 Å². The summed E-state index contributed by atoms with van der Waals surface area (Å²) in [5.41, 5.74) is 1.51. The van der Waals surface area contributed by atoms with Crippen LogP contribution >= 0.6 is 0 Å². The maximum absolute atomic E-state index is 10.7. The Balaban J connectivity index is 2.19. The van der Waals surface area contributed by atoms with Crippen molar-refractivity contribution in [3.05, 3.63) is 53.6 Å². The molecule has 0 atom stereocenters. The first-order chi connectivity index (χ1) is 8.19. The van der Waals surface area contributed by atoms with Gasteiger partial charge in [-0.05, 0) is 23.8 Å². The van der Waals surface area contributed by atoms with E-state index in [1.165, 1.54) is 6.07 Å². The summed E-state index contributed by atoms with van der Waals surface area (Å²) in [6.07, 6.45) is 4.81. The zero-order chi connectivity index (χ0) is 12.3. The number of nitrogens with zero attached hydrogens (tertiary/aromatic N) is 3. The van der Waals surface area contributed by atoms with Crippen LogP contribution in [0.3, 0.4) is 0 Å². The van der Waals surface area contributed by atoms with Crippen molar-refractivity contribution in [2.45, 2.75) is 6.54 Å². The molecule has 1 N–H and O–H groups in total. The summed E-state index contributed by atoms with van der Waals surface area (Å²) in [5, 5.41) is 17.5. The van der Waals surface area contributed by atoms with E-state index in [4.69, 9.17) is 10.4 Å². The third-order valence-corrected chi connectivity index (χ3v) is 2.30. The number of hydrogen-bond donors (Lipinski definition) is 1. The molecule has 17 heavy (non-hydrogen) atoms. The van der Waals surface area contributed by atoms with Crippen molar-refractivity contribution in [1.82, 2.24) is 9.55 Å². The molecule has 0 aliphatic rings. The van der Waals surface area contributed by atoms with Crippen LogP contribution < -0.4 is 0 Å². The molecule has 0 radical (unpaired) electrons. The highest BCUT2D eigenvalue weighted by atomic mass is 16.4. The van der Waals surface area contributed by atoms with Crippen molar-refractivity contribution in [3.8, 4) is 6.07 Å². The first-order valence-corrected chi connectivity index (χ1v) is 4.93. The van der Waals surface area contributed by atoms with Crippen LogP contribution in [0.25, 0.3) is 0 Å². The molecule has 2 aromatic rings. The van der Waals surface area contributed by atoms with Gasteiger partial charge in [-0.25, -0.2) is 9.78 Å². The summed E-state index contributed by atoms with van der Waals surface area (Å²) < 4.78 is 1.75. The van der Waals surface area contributed by atoms with Crippen LogP contribution in [0.2, 0.25) is 0 Å². The molecular weight excluding hydrogens is 218 g/mol. The van der Waals surface area contributed by atoms with Gasteiger partial charge in [-0.2, -0.15) is 5.26 Å². The van der Waals surface area contributed by atoms with E-state index in [1.54, 1.807) is 35.3 Å². The van der Waals surface area contributed by atoms with Gasteiger partial charge in [0.15, 0.2) is 0 Å². The van der Waals surface area contributed by atoms with Gasteiger partial charge in [-0.1, -0.05) is 0 Å². The molecule has 0 aromatic carbocycles. The summed E-state index contributed by atoms with van der Waals surface area (Å²) in [4.78, 5) is 14.6. The highest BCUT2D eigenvalue weighted by Crippen LogP contribution is 2.07. The van der Waals surface area contributed by atoms with Crippen molar-refractivity contribution in [3.63, 3.8) is 0 Å². The van der Waals surface area contributed by atoms with Crippen LogP contribution in [0, 0.1) is 11.3 Å². The van der Waals surface area contributed by atoms with Gasteiger partial charge in [-0.3, -0.25) is 0 Å². The fraction of sp³-hybridized carbons (Fsp3) is 0.0833. The Morgan fingerprint density at radius 3 is 3.00 bits per heavy atom. The summed E-state index contributed by atoms with van der Waals surface area (Å²) in [6, 6.07) is 6.97. The highest BCUT2D eigenvalue weighted by Gasteiger charge is 2.04. The van der Waals surface area contributed by atoms with Crippen LogP contribution in [-0.4, -0.2) is 20.6 Å². The lowest BCUT2D eigenvalue weighted by atomic mass is 10.2. The Morgan fingerprint density at radius 1 is 1.53 bits per heavy atom. The van der Waals surface area contributed by atoms with E-state index >= 15 is 0 Å². The molecule has 0 unspecified atom stereocenters. The second-order valence-electron chi connectivity index (χ2n) is 3.54. The zero-order valence-corrected chi connectivity index (χ0v) is 8.87. The normalized spacial score (nSPS) is 9.82. The molecule has 0 aliphatic heterocycles. The van der Waals surface area contributed by atoms with E-state index in [9.17, 15) is 4.79 Å². The van der Waals surface area contributed by atoms with E-state index in [1.807, 2.05) is 6.07 Å². The van der Waals surface area contributed by atoms with Crippen molar-refractivity contribution in [2.24, 2.45) is 0 Å². The third-order valence-electron chi connectivity index (χ3n) is 2.30. The molecule has 5 heteroatoms. The van der Waals surface area contributed by atoms with E-state index in [2.05, 4.69) is 4.98 Å². The molecule has 0 fully saturated rings. The van der Waals surface area contributed by atoms with E-state index in [0.717, 1.165) is 5.56 Å². The second-order valence-corrected chi connectivity index (χ2v) is 3.54. The first kappa shape index (κ1) is 10.9. The molecule has 2 aromatic heterocycles. The standard InChI is InChI=1S/C12H9N3O2/c13-6-11-5-9(1-3-14-11)7-15-4-2-10(8-15)12(16)17/h1-5,8H,7H2,(H,16,17). The number of aromatic nitrogens is 2. The molecule has 0 saturated heterocycles. The minimum Gasteiger partial charge on any atom is -0.478 e. The van der Waals surface area contributed by atoms with Gasteiger partial charge in [0.1, 0.15) is 11.8 Å². The Kier molecular flexibility index (Phi) is 2.88. The van der Waals surface area contributed by atoms with Gasteiger partial charge in [-0.15, -0.1) is 0 Å². The minimum absolute atomic E-state index is 0.250. The van der Waals surface area contributed by atoms with Crippen molar-refractivity contribution < 1.29 is 9.90 Å². The number of carboxylic acids is 1. The smallest absolute Gasteiger partial charge is 0.337 e. The third kappa shape index (κ3) is 2.49. The Morgan fingerprint density at radius 2 is 2.35 bits per heavy atom. The SMILES string of the molecule is N#Cc1cc(Cn2ccc(C(=O)O)c2)ccn1. The molecule has 0 saturated carbocycles. The highest BCUT2D eigenvalue weighted by molar-refractivity contribution is 5.87. The fourth-order valence-electron chi connectivity index (χ4n) is 1.51. The largest absolute Gasteiger partial charge is 0.478 e. The van der Waals surface area contributed by atoms with Gasteiger partial charge < -0.3 is 9.67 Å². The van der Waals surface area contributed by atoms with E-state index in [-0.39, 0.29) is 5.56 Å². The van der Waals surface area contributed by atoms with Crippen molar-refractivity contribution in [2.75, 3.05) is 0 Å². The monoisotopic (exact) mass is 227 g/mol.